The Morgan fingerprint density at radius 1 is 1.37 bits per heavy atom. The number of carbonyl (C=O) groups excluding carboxylic acids is 1. The maximum absolute atomic E-state index is 12.9. The van der Waals surface area contributed by atoms with Crippen molar-refractivity contribution in [2.75, 3.05) is 20.1 Å². The molecule has 2 heterocycles. The van der Waals surface area contributed by atoms with Crippen molar-refractivity contribution in [1.29, 1.82) is 0 Å². The molecule has 1 saturated heterocycles. The van der Waals surface area contributed by atoms with Crippen LogP contribution in [0.25, 0.3) is 0 Å². The number of phenolic OH excluding ortho intramolecular Hbond substituents is 1. The minimum Gasteiger partial charge on any atom is -1.00 e. The lowest BCUT2D eigenvalue weighted by atomic mass is 9.48. The summed E-state index contributed by atoms with van der Waals surface area (Å²) in [5.74, 6) is 0.635. The second-order valence-electron chi connectivity index (χ2n) is 9.16. The van der Waals surface area contributed by atoms with Crippen molar-refractivity contribution in [1.82, 2.24) is 0 Å². The summed E-state index contributed by atoms with van der Waals surface area (Å²) in [6, 6.07) is 2.88. The number of Topliss-reactive ketones (excluding diaryl/α,β-unsaturated/α-hetero) is 1. The van der Waals surface area contributed by atoms with Crippen LogP contribution in [-0.4, -0.2) is 58.3 Å². The third-order valence-corrected chi connectivity index (χ3v) is 7.92. The van der Waals surface area contributed by atoms with Gasteiger partial charge in [-0.1, -0.05) is 6.07 Å². The van der Waals surface area contributed by atoms with Crippen molar-refractivity contribution in [3.05, 3.63) is 23.3 Å². The number of aromatic hydroxyl groups is 1. The van der Waals surface area contributed by atoms with Crippen LogP contribution in [0.4, 0.5) is 0 Å². The summed E-state index contributed by atoms with van der Waals surface area (Å²) in [5, 5.41) is 22.7. The fourth-order valence-corrected chi connectivity index (χ4v) is 6.60. The first kappa shape index (κ1) is 14.8. The van der Waals surface area contributed by atoms with Crippen LogP contribution in [0.15, 0.2) is 12.1 Å². The number of ether oxygens (including phenoxy) is 1. The lowest BCUT2D eigenvalue weighted by Crippen LogP contribution is -3.00. The molecule has 6 rings (SSSR count). The molecule has 27 heavy (non-hydrogen) atoms. The smallest absolute Gasteiger partial charge is 0.174 e. The van der Waals surface area contributed by atoms with Crippen molar-refractivity contribution in [2.24, 2.45) is 5.92 Å². The van der Waals surface area contributed by atoms with Gasteiger partial charge in [0.1, 0.15) is 11.6 Å². The lowest BCUT2D eigenvalue weighted by molar-refractivity contribution is -0.950. The highest BCUT2D eigenvalue weighted by molar-refractivity contribution is 5.90. The molecule has 5 aliphatic rings. The van der Waals surface area contributed by atoms with E-state index < -0.39 is 30.1 Å². The molecule has 2 saturated carbocycles. The monoisotopic (exact) mass is 438 g/mol. The first-order valence-corrected chi connectivity index (χ1v) is 9.78. The van der Waals surface area contributed by atoms with E-state index in [4.69, 9.17) is 8.85 Å². The zero-order valence-electron chi connectivity index (χ0n) is 18.1. The van der Waals surface area contributed by atoms with Crippen LogP contribution < -0.4 is 21.7 Å². The number of aliphatic hydroxyl groups is 1. The molecule has 2 N–H and O–H groups in total. The van der Waals surface area contributed by atoms with Crippen LogP contribution >= 0.6 is 0 Å². The average Bonchev–Trinajstić information content (AvgIpc) is 3.38. The first-order chi connectivity index (χ1) is 13.6. The van der Waals surface area contributed by atoms with Gasteiger partial charge in [0.25, 0.3) is 0 Å². The molecule has 1 aromatic rings. The Hall–Kier alpha value is -1.11. The second kappa shape index (κ2) is 5.28. The molecule has 5 nitrogen and oxygen atoms in total. The van der Waals surface area contributed by atoms with Gasteiger partial charge in [0.15, 0.2) is 23.4 Å². The summed E-state index contributed by atoms with van der Waals surface area (Å²) < 4.78 is 31.4. The Balaban J connectivity index is 0.00000193. The zero-order valence-corrected chi connectivity index (χ0v) is 16.7. The number of hydrogen-bond donors (Lipinski definition) is 2. The van der Waals surface area contributed by atoms with E-state index in [9.17, 15) is 15.0 Å². The van der Waals surface area contributed by atoms with Crippen LogP contribution in [0.2, 0.25) is 0 Å². The topological polar surface area (TPSA) is 66.8 Å². The zero-order chi connectivity index (χ0) is 20.4. The Kier molecular flexibility index (Phi) is 2.90. The molecule has 0 unspecified atom stereocenters. The van der Waals surface area contributed by atoms with Crippen LogP contribution in [0.1, 0.15) is 47.3 Å². The van der Waals surface area contributed by atoms with Crippen molar-refractivity contribution in [3.63, 3.8) is 0 Å². The number of rotatable bonds is 2. The molecule has 0 radical (unpaired) electrons. The fraction of sp³-hybridized carbons (Fsp3) is 0.667. The molecule has 1 aromatic carbocycles. The number of piperidine rings is 1. The first-order valence-electron chi connectivity index (χ1n) is 11.3. The molecule has 3 fully saturated rings. The van der Waals surface area contributed by atoms with E-state index in [1.165, 1.54) is 0 Å². The molecule has 5 atom stereocenters. The molecular weight excluding hydrogens is 410 g/mol. The summed E-state index contributed by atoms with van der Waals surface area (Å²) in [6.45, 7) is -1.29. The Morgan fingerprint density at radius 3 is 2.93 bits per heavy atom. The van der Waals surface area contributed by atoms with Gasteiger partial charge in [-0.15, -0.1) is 0 Å². The largest absolute Gasteiger partial charge is 1.00 e. The van der Waals surface area contributed by atoms with Crippen molar-refractivity contribution in [2.45, 2.75) is 61.7 Å². The number of likely N-dealkylation sites (tertiary alicyclic amines) is 1. The SMILES string of the molecule is [2H]C([2H])([2H])[N@+]1(CC2CC2)CC[C@]23c4c5ccc(O)c4O[C@H]2C(=O)CC[C@@]3(O)[C@H]1C5.[Br-]. The fourth-order valence-electron chi connectivity index (χ4n) is 6.60. The van der Waals surface area contributed by atoms with Crippen LogP contribution in [-0.2, 0) is 16.6 Å². The van der Waals surface area contributed by atoms with Gasteiger partial charge in [-0.3, -0.25) is 4.79 Å². The van der Waals surface area contributed by atoms with Gasteiger partial charge < -0.3 is 36.4 Å². The molecular formula is C21H26BrNO4. The van der Waals surface area contributed by atoms with Gasteiger partial charge in [0.2, 0.25) is 0 Å². The molecule has 2 bridgehead atoms. The summed E-state index contributed by atoms with van der Waals surface area (Å²) in [6.07, 6.45) is 2.49. The Labute approximate surface area is 173 Å². The number of ketones is 1. The van der Waals surface area contributed by atoms with Gasteiger partial charge in [-0.2, -0.15) is 0 Å². The van der Waals surface area contributed by atoms with Gasteiger partial charge in [-0.25, -0.2) is 0 Å². The molecule has 2 aliphatic heterocycles. The quantitative estimate of drug-likeness (QED) is 0.561. The lowest BCUT2D eigenvalue weighted by Gasteiger charge is -2.64. The molecule has 6 heteroatoms. The molecule has 0 aromatic heterocycles. The van der Waals surface area contributed by atoms with Gasteiger partial charge in [0, 0.05) is 30.7 Å². The van der Waals surface area contributed by atoms with E-state index in [-0.39, 0.29) is 45.8 Å². The minimum absolute atomic E-state index is 0. The number of nitrogens with zero attached hydrogens (tertiary/aromatic N) is 1. The van der Waals surface area contributed by atoms with Crippen molar-refractivity contribution < 1.29 is 45.3 Å². The minimum atomic E-state index is -2.24. The third-order valence-electron chi connectivity index (χ3n) is 7.92. The highest BCUT2D eigenvalue weighted by Gasteiger charge is 2.76. The van der Waals surface area contributed by atoms with Crippen LogP contribution in [0, 0.1) is 5.92 Å². The van der Waals surface area contributed by atoms with Crippen molar-refractivity contribution >= 4 is 5.78 Å². The normalized spacial score (nSPS) is 45.7. The van der Waals surface area contributed by atoms with E-state index in [1.54, 1.807) is 6.07 Å². The number of quaternary nitrogens is 1. The predicted octanol–water partition coefficient (Wildman–Crippen LogP) is -1.33. The molecule has 146 valence electrons. The number of likely N-dealkylation sites (N-methyl/N-ethyl adjacent to an activating group) is 1. The summed E-state index contributed by atoms with van der Waals surface area (Å²) >= 11 is 0. The van der Waals surface area contributed by atoms with E-state index >= 15 is 0 Å². The number of hydrogen-bond acceptors (Lipinski definition) is 4. The van der Waals surface area contributed by atoms with Gasteiger partial charge in [-0.05, 0) is 30.9 Å². The number of carbonyl (C=O) groups is 1. The van der Waals surface area contributed by atoms with Gasteiger partial charge in [0.05, 0.1) is 29.6 Å². The Bertz CT molecular complexity index is 951. The number of halogens is 1. The maximum Gasteiger partial charge on any atom is 0.174 e. The van der Waals surface area contributed by atoms with Crippen molar-refractivity contribution in [3.8, 4) is 11.5 Å². The van der Waals surface area contributed by atoms with Crippen LogP contribution in [0.3, 0.4) is 0 Å². The third kappa shape index (κ3) is 1.94. The standard InChI is InChI=1S/C21H25NO4.BrH/c1-22(11-12-2-3-12)9-8-20-17-13-4-5-14(23)18(17)26-19(20)15(24)6-7-21(20,25)16(22)10-13;/h4-5,12,16,19,25H,2-3,6-11H2,1H3;1H/t16-,19+,20+,21-,22-;/m1./s1/i1D3;. The van der Waals surface area contributed by atoms with Gasteiger partial charge >= 0.3 is 0 Å². The highest BCUT2D eigenvalue weighted by Crippen LogP contribution is 2.65. The van der Waals surface area contributed by atoms with E-state index in [2.05, 4.69) is 0 Å². The molecule has 0 amide bonds. The van der Waals surface area contributed by atoms with E-state index in [1.807, 2.05) is 6.07 Å². The van der Waals surface area contributed by atoms with E-state index in [0.717, 1.165) is 24.0 Å². The van der Waals surface area contributed by atoms with E-state index in [0.29, 0.717) is 37.6 Å². The van der Waals surface area contributed by atoms with Crippen LogP contribution in [0.5, 0.6) is 11.5 Å². The number of phenols is 1. The second-order valence-corrected chi connectivity index (χ2v) is 9.16. The summed E-state index contributed by atoms with van der Waals surface area (Å²) in [4.78, 5) is 12.9. The summed E-state index contributed by atoms with van der Waals surface area (Å²) in [5.41, 5.74) is -0.624. The highest BCUT2D eigenvalue weighted by atomic mass is 79.9. The maximum atomic E-state index is 12.9. The average molecular weight is 439 g/mol. The summed E-state index contributed by atoms with van der Waals surface area (Å²) in [7, 11) is 0. The predicted molar refractivity (Wildman–Crippen MR) is 94.1 cm³/mol. The molecule has 1 spiro atoms. The Morgan fingerprint density at radius 2 is 2.19 bits per heavy atom. The molecule has 3 aliphatic carbocycles. The number of benzene rings is 1.